The summed E-state index contributed by atoms with van der Waals surface area (Å²) >= 11 is 0. The molecule has 8 nitrogen and oxygen atoms in total. The van der Waals surface area contributed by atoms with Crippen LogP contribution in [0.2, 0.25) is 0 Å². The maximum absolute atomic E-state index is 13.1. The summed E-state index contributed by atoms with van der Waals surface area (Å²) in [6.07, 6.45) is -9.46. The molecule has 14 heteroatoms. The molecule has 0 spiro atoms. The smallest absolute Gasteiger partial charge is 0.391 e. The molecule has 2 aromatic heterocycles. The molecule has 2 atom stereocenters. The molecular formula is C21H19F6N7O. The van der Waals surface area contributed by atoms with E-state index in [0.717, 1.165) is 24.3 Å². The molecule has 186 valence electrons. The van der Waals surface area contributed by atoms with E-state index < -0.39 is 29.7 Å². The predicted molar refractivity (Wildman–Crippen MR) is 115 cm³/mol. The molecule has 4 rings (SSSR count). The number of benzene rings is 1. The molecule has 3 heterocycles. The topological polar surface area (TPSA) is 99.1 Å². The number of rotatable bonds is 5. The van der Waals surface area contributed by atoms with Crippen molar-refractivity contribution < 1.29 is 31.4 Å². The van der Waals surface area contributed by atoms with Gasteiger partial charge in [-0.25, -0.2) is 4.98 Å². The summed E-state index contributed by atoms with van der Waals surface area (Å²) in [7, 11) is 0. The van der Waals surface area contributed by atoms with Gasteiger partial charge in [0.15, 0.2) is 0 Å². The first-order valence-electron chi connectivity index (χ1n) is 10.4. The lowest BCUT2D eigenvalue weighted by molar-refractivity contribution is -0.141. The van der Waals surface area contributed by atoms with E-state index in [-0.39, 0.29) is 35.4 Å². The van der Waals surface area contributed by atoms with Crippen LogP contribution in [0.5, 0.6) is 0 Å². The third-order valence-corrected chi connectivity index (χ3v) is 5.32. The van der Waals surface area contributed by atoms with Crippen LogP contribution < -0.4 is 15.5 Å². The number of hydrogen-bond acceptors (Lipinski definition) is 8. The molecule has 2 unspecified atom stereocenters. The fraction of sp³-hybridized carbons (Fsp3) is 0.333. The maximum Gasteiger partial charge on any atom is 0.433 e. The molecule has 1 fully saturated rings. The number of anilines is 5. The maximum atomic E-state index is 13.1. The number of pyridine rings is 1. The Balaban J connectivity index is 1.69. The van der Waals surface area contributed by atoms with Gasteiger partial charge in [-0.15, -0.1) is 0 Å². The zero-order valence-electron chi connectivity index (χ0n) is 18.1. The van der Waals surface area contributed by atoms with Gasteiger partial charge in [0.2, 0.25) is 17.8 Å². The van der Waals surface area contributed by atoms with Crippen LogP contribution in [0.15, 0.2) is 42.5 Å². The Labute approximate surface area is 195 Å². The van der Waals surface area contributed by atoms with E-state index in [1.54, 1.807) is 11.8 Å². The van der Waals surface area contributed by atoms with Crippen molar-refractivity contribution >= 4 is 29.4 Å². The van der Waals surface area contributed by atoms with E-state index in [1.807, 2.05) is 0 Å². The molecule has 3 aromatic rings. The monoisotopic (exact) mass is 499 g/mol. The van der Waals surface area contributed by atoms with Crippen molar-refractivity contribution in [3.63, 3.8) is 0 Å². The summed E-state index contributed by atoms with van der Waals surface area (Å²) in [5, 5.41) is 15.3. The van der Waals surface area contributed by atoms with Crippen molar-refractivity contribution in [3.8, 4) is 0 Å². The Morgan fingerprint density at radius 2 is 1.57 bits per heavy atom. The minimum atomic E-state index is -4.67. The van der Waals surface area contributed by atoms with Crippen LogP contribution in [0.3, 0.4) is 0 Å². The highest BCUT2D eigenvalue weighted by molar-refractivity contribution is 5.59. The van der Waals surface area contributed by atoms with Crippen LogP contribution in [0, 0.1) is 0 Å². The van der Waals surface area contributed by atoms with Gasteiger partial charge < -0.3 is 20.6 Å². The van der Waals surface area contributed by atoms with Crippen molar-refractivity contribution in [1.82, 2.24) is 19.9 Å². The SMILES string of the molecule is CC1C(O)CCN1c1nc(Nc2cccc(C(F)(F)F)c2)nc(Nc2cccc(C(F)(F)F)n2)n1. The van der Waals surface area contributed by atoms with Crippen molar-refractivity contribution in [1.29, 1.82) is 0 Å². The first-order valence-corrected chi connectivity index (χ1v) is 10.4. The second-order valence-corrected chi connectivity index (χ2v) is 7.81. The summed E-state index contributed by atoms with van der Waals surface area (Å²) < 4.78 is 78.3. The first kappa shape index (κ1) is 24.4. The van der Waals surface area contributed by atoms with Crippen LogP contribution in [0.25, 0.3) is 0 Å². The highest BCUT2D eigenvalue weighted by Gasteiger charge is 2.34. The lowest BCUT2D eigenvalue weighted by Crippen LogP contribution is -2.33. The lowest BCUT2D eigenvalue weighted by atomic mass is 10.2. The minimum absolute atomic E-state index is 0.0367. The highest BCUT2D eigenvalue weighted by atomic mass is 19.4. The third-order valence-electron chi connectivity index (χ3n) is 5.32. The van der Waals surface area contributed by atoms with E-state index in [0.29, 0.717) is 13.0 Å². The quantitative estimate of drug-likeness (QED) is 0.433. The van der Waals surface area contributed by atoms with Crippen LogP contribution in [0.4, 0.5) is 55.7 Å². The van der Waals surface area contributed by atoms with Gasteiger partial charge in [-0.05, 0) is 43.7 Å². The van der Waals surface area contributed by atoms with Gasteiger partial charge in [0.05, 0.1) is 17.7 Å². The number of aromatic nitrogens is 4. The zero-order valence-corrected chi connectivity index (χ0v) is 18.1. The summed E-state index contributed by atoms with van der Waals surface area (Å²) in [5.41, 5.74) is -1.98. The van der Waals surface area contributed by atoms with Gasteiger partial charge >= 0.3 is 12.4 Å². The molecule has 0 radical (unpaired) electrons. The van der Waals surface area contributed by atoms with Gasteiger partial charge in [0, 0.05) is 12.2 Å². The van der Waals surface area contributed by atoms with Gasteiger partial charge in [0.1, 0.15) is 11.5 Å². The van der Waals surface area contributed by atoms with Crippen LogP contribution in [-0.4, -0.2) is 43.7 Å². The van der Waals surface area contributed by atoms with E-state index >= 15 is 0 Å². The number of hydrogen-bond donors (Lipinski definition) is 3. The van der Waals surface area contributed by atoms with Crippen LogP contribution in [-0.2, 0) is 12.4 Å². The summed E-state index contributed by atoms with van der Waals surface area (Å²) in [4.78, 5) is 17.7. The van der Waals surface area contributed by atoms with Crippen LogP contribution in [0.1, 0.15) is 24.6 Å². The number of halogens is 6. The Kier molecular flexibility index (Phi) is 6.40. The average molecular weight is 499 g/mol. The Bertz CT molecular complexity index is 1130. The first-order chi connectivity index (χ1) is 16.4. The predicted octanol–water partition coefficient (Wildman–Crippen LogP) is 4.75. The molecule has 1 aromatic carbocycles. The zero-order chi connectivity index (χ0) is 25.4. The molecule has 1 aliphatic rings. The summed E-state index contributed by atoms with van der Waals surface area (Å²) in [6, 6.07) is 7.22. The number of aliphatic hydroxyl groups excluding tert-OH is 1. The molecular weight excluding hydrogens is 480 g/mol. The van der Waals surface area contributed by atoms with E-state index in [9.17, 15) is 31.4 Å². The standard InChI is InChI=1S/C21H19F6N7O/c1-11-14(35)8-9-34(11)19-32-17(28-13-5-2-4-12(10-13)20(22,23)24)31-18(33-19)30-16-7-3-6-15(29-16)21(25,26)27/h2-7,10-11,14,35H,8-9H2,1H3,(H2,28,29,30,31,32,33). The number of alkyl halides is 6. The molecule has 1 saturated heterocycles. The largest absolute Gasteiger partial charge is 0.433 e. The van der Waals surface area contributed by atoms with E-state index in [2.05, 4.69) is 30.6 Å². The number of nitrogens with zero attached hydrogens (tertiary/aromatic N) is 5. The van der Waals surface area contributed by atoms with Crippen LogP contribution >= 0.6 is 0 Å². The Morgan fingerprint density at radius 1 is 0.886 bits per heavy atom. The van der Waals surface area contributed by atoms with E-state index in [1.165, 1.54) is 18.2 Å². The fourth-order valence-corrected chi connectivity index (χ4v) is 3.49. The minimum Gasteiger partial charge on any atom is -0.391 e. The fourth-order valence-electron chi connectivity index (χ4n) is 3.49. The van der Waals surface area contributed by atoms with Gasteiger partial charge in [-0.2, -0.15) is 41.3 Å². The molecule has 1 aliphatic heterocycles. The second-order valence-electron chi connectivity index (χ2n) is 7.81. The lowest BCUT2D eigenvalue weighted by Gasteiger charge is -2.23. The summed E-state index contributed by atoms with van der Waals surface area (Å²) in [5.74, 6) is -0.466. The van der Waals surface area contributed by atoms with Gasteiger partial charge in [0.25, 0.3) is 0 Å². The molecule has 35 heavy (non-hydrogen) atoms. The van der Waals surface area contributed by atoms with Crippen molar-refractivity contribution in [2.45, 2.75) is 37.8 Å². The Hall–Kier alpha value is -3.68. The molecule has 0 bridgehead atoms. The molecule has 0 aliphatic carbocycles. The summed E-state index contributed by atoms with van der Waals surface area (Å²) in [6.45, 7) is 2.12. The van der Waals surface area contributed by atoms with Gasteiger partial charge in [-0.3, -0.25) is 0 Å². The van der Waals surface area contributed by atoms with Crippen molar-refractivity contribution in [2.75, 3.05) is 22.1 Å². The highest BCUT2D eigenvalue weighted by Crippen LogP contribution is 2.32. The third kappa shape index (κ3) is 5.70. The molecule has 0 saturated carbocycles. The normalized spacial score (nSPS) is 18.6. The molecule has 0 amide bonds. The Morgan fingerprint density at radius 3 is 2.20 bits per heavy atom. The van der Waals surface area contributed by atoms with Gasteiger partial charge in [-0.1, -0.05) is 12.1 Å². The second kappa shape index (κ2) is 9.17. The van der Waals surface area contributed by atoms with E-state index in [4.69, 9.17) is 0 Å². The van der Waals surface area contributed by atoms with Crippen molar-refractivity contribution in [3.05, 3.63) is 53.7 Å². The molecule has 3 N–H and O–H groups in total. The number of nitrogens with one attached hydrogen (secondary N) is 2. The van der Waals surface area contributed by atoms with Crippen molar-refractivity contribution in [2.24, 2.45) is 0 Å². The average Bonchev–Trinajstić information content (AvgIpc) is 3.11. The number of aliphatic hydroxyl groups is 1.